The fraction of sp³-hybridized carbons (Fsp3) is 0.667. The minimum atomic E-state index is -4.00. The van der Waals surface area contributed by atoms with E-state index in [1.54, 1.807) is 32.6 Å². The number of benzene rings is 1. The van der Waals surface area contributed by atoms with Gasteiger partial charge in [-0.3, -0.25) is 9.59 Å². The van der Waals surface area contributed by atoms with E-state index < -0.39 is 44.4 Å². The average molecular weight is 568 g/mol. The summed E-state index contributed by atoms with van der Waals surface area (Å²) in [7, 11) is -4.00. The first kappa shape index (κ1) is 30.5. The third kappa shape index (κ3) is 8.23. The second kappa shape index (κ2) is 12.9. The van der Waals surface area contributed by atoms with Gasteiger partial charge in [-0.1, -0.05) is 0 Å². The maximum atomic E-state index is 13.6. The van der Waals surface area contributed by atoms with Gasteiger partial charge in [-0.25, -0.2) is 13.2 Å². The number of esters is 1. The monoisotopic (exact) mass is 567 g/mol. The lowest BCUT2D eigenvalue weighted by molar-refractivity contribution is -0.143. The molecule has 0 aromatic heterocycles. The highest BCUT2D eigenvalue weighted by atomic mass is 32.2. The SMILES string of the molecule is CCOC(=O)CCC(C(=O)N1C[C@@H]2C[C@H]1CN2c1ccc(OCC)cc1)S(=O)(=O)CCNC(=O)OC(C)(C)C. The first-order valence-corrected chi connectivity index (χ1v) is 15.2. The van der Waals surface area contributed by atoms with Crippen LogP contribution in [0.15, 0.2) is 24.3 Å². The Morgan fingerprint density at radius 3 is 2.31 bits per heavy atom. The molecular weight excluding hydrogens is 526 g/mol. The third-order valence-electron chi connectivity index (χ3n) is 6.68. The fourth-order valence-electron chi connectivity index (χ4n) is 5.03. The zero-order valence-electron chi connectivity index (χ0n) is 23.5. The van der Waals surface area contributed by atoms with Crippen LogP contribution in [0.5, 0.6) is 5.75 Å². The second-order valence-corrected chi connectivity index (χ2v) is 13.0. The number of hydrogen-bond donors (Lipinski definition) is 1. The zero-order chi connectivity index (χ0) is 28.8. The lowest BCUT2D eigenvalue weighted by Gasteiger charge is -2.37. The highest BCUT2D eigenvalue weighted by Crippen LogP contribution is 2.36. The van der Waals surface area contributed by atoms with Crippen LogP contribution in [0.4, 0.5) is 10.5 Å². The predicted octanol–water partition coefficient (Wildman–Crippen LogP) is 2.53. The molecular formula is C27H41N3O8S. The Kier molecular flexibility index (Phi) is 10.1. The molecule has 218 valence electrons. The Hall–Kier alpha value is -3.02. The summed E-state index contributed by atoms with van der Waals surface area (Å²) in [6, 6.07) is 7.74. The van der Waals surface area contributed by atoms with Gasteiger partial charge in [0.05, 0.1) is 25.0 Å². The van der Waals surface area contributed by atoms with Crippen LogP contribution < -0.4 is 15.0 Å². The van der Waals surface area contributed by atoms with Crippen LogP contribution >= 0.6 is 0 Å². The Morgan fingerprint density at radius 2 is 1.74 bits per heavy atom. The minimum Gasteiger partial charge on any atom is -0.494 e. The first-order valence-electron chi connectivity index (χ1n) is 13.5. The number of likely N-dealkylation sites (tertiary alicyclic amines) is 1. The Bertz CT molecular complexity index is 1120. The predicted molar refractivity (Wildman–Crippen MR) is 147 cm³/mol. The van der Waals surface area contributed by atoms with Gasteiger partial charge in [0.25, 0.3) is 0 Å². The first-order chi connectivity index (χ1) is 18.3. The second-order valence-electron chi connectivity index (χ2n) is 10.7. The molecule has 0 saturated carbocycles. The van der Waals surface area contributed by atoms with Crippen molar-refractivity contribution >= 4 is 33.5 Å². The van der Waals surface area contributed by atoms with Gasteiger partial charge >= 0.3 is 12.1 Å². The standard InChI is InChI=1S/C27H41N3O8S/c1-6-36-22-10-8-19(9-11-22)29-17-21-16-20(29)18-30(21)25(32)23(12-13-24(31)37-7-2)39(34,35)15-14-28-26(33)38-27(3,4)5/h8-11,20-21,23H,6-7,12-18H2,1-5H3,(H,28,33)/t20-,21-,23?/m0/s1. The Morgan fingerprint density at radius 1 is 1.05 bits per heavy atom. The van der Waals surface area contributed by atoms with Gasteiger partial charge in [0.2, 0.25) is 5.91 Å². The van der Waals surface area contributed by atoms with E-state index in [1.165, 1.54) is 0 Å². The molecule has 0 radical (unpaired) electrons. The van der Waals surface area contributed by atoms with Crippen molar-refractivity contribution < 1.29 is 37.0 Å². The number of carbonyl (C=O) groups excluding carboxylic acids is 3. The number of amides is 2. The van der Waals surface area contributed by atoms with Gasteiger partial charge in [0.1, 0.15) is 16.6 Å². The third-order valence-corrected chi connectivity index (χ3v) is 8.76. The van der Waals surface area contributed by atoms with Crippen molar-refractivity contribution in [1.82, 2.24) is 10.2 Å². The van der Waals surface area contributed by atoms with Crippen LogP contribution in [0.2, 0.25) is 0 Å². The van der Waals surface area contributed by atoms with E-state index in [4.69, 9.17) is 14.2 Å². The van der Waals surface area contributed by atoms with E-state index in [0.29, 0.717) is 19.7 Å². The lowest BCUT2D eigenvalue weighted by Crippen LogP contribution is -2.53. The Labute approximate surface area is 231 Å². The van der Waals surface area contributed by atoms with Gasteiger partial charge < -0.3 is 29.3 Å². The molecule has 2 saturated heterocycles. The molecule has 0 spiro atoms. The minimum absolute atomic E-state index is 0.0686. The highest BCUT2D eigenvalue weighted by molar-refractivity contribution is 7.92. The number of ether oxygens (including phenoxy) is 3. The summed E-state index contributed by atoms with van der Waals surface area (Å²) in [6.45, 7) is 10.2. The smallest absolute Gasteiger partial charge is 0.407 e. The molecule has 0 aliphatic carbocycles. The van der Waals surface area contributed by atoms with Crippen LogP contribution in [-0.4, -0.2) is 92.8 Å². The molecule has 2 aliphatic heterocycles. The molecule has 12 heteroatoms. The van der Waals surface area contributed by atoms with Crippen molar-refractivity contribution in [3.8, 4) is 5.75 Å². The van der Waals surface area contributed by atoms with Gasteiger partial charge in [-0.2, -0.15) is 0 Å². The van der Waals surface area contributed by atoms with E-state index in [0.717, 1.165) is 17.9 Å². The maximum Gasteiger partial charge on any atom is 0.407 e. The molecule has 2 aliphatic rings. The summed E-state index contributed by atoms with van der Waals surface area (Å²) in [5, 5.41) is 1.03. The largest absolute Gasteiger partial charge is 0.494 e. The number of alkyl carbamates (subject to hydrolysis) is 1. The average Bonchev–Trinajstić information content (AvgIpc) is 3.45. The molecule has 1 N–H and O–H groups in total. The van der Waals surface area contributed by atoms with Crippen molar-refractivity contribution in [2.24, 2.45) is 0 Å². The van der Waals surface area contributed by atoms with Crippen molar-refractivity contribution in [2.75, 3.05) is 43.5 Å². The van der Waals surface area contributed by atoms with Crippen molar-refractivity contribution in [3.63, 3.8) is 0 Å². The Balaban J connectivity index is 1.67. The van der Waals surface area contributed by atoms with Crippen LogP contribution in [0.25, 0.3) is 0 Å². The summed E-state index contributed by atoms with van der Waals surface area (Å²) < 4.78 is 42.3. The molecule has 3 atom stereocenters. The molecule has 11 nitrogen and oxygen atoms in total. The topological polar surface area (TPSA) is 132 Å². The molecule has 2 amide bonds. The van der Waals surface area contributed by atoms with E-state index in [-0.39, 0.29) is 38.1 Å². The van der Waals surface area contributed by atoms with Crippen molar-refractivity contribution in [1.29, 1.82) is 0 Å². The molecule has 2 heterocycles. The molecule has 2 bridgehead atoms. The lowest BCUT2D eigenvalue weighted by atomic mass is 10.2. The number of piperazine rings is 1. The molecule has 1 unspecified atom stereocenters. The fourth-order valence-corrected chi connectivity index (χ4v) is 6.62. The molecule has 3 rings (SSSR count). The number of rotatable bonds is 12. The van der Waals surface area contributed by atoms with Gasteiger partial charge in [-0.05, 0) is 71.7 Å². The highest BCUT2D eigenvalue weighted by Gasteiger charge is 2.48. The molecule has 39 heavy (non-hydrogen) atoms. The van der Waals surface area contributed by atoms with Gasteiger partial charge in [0.15, 0.2) is 9.84 Å². The number of sulfone groups is 1. The van der Waals surface area contributed by atoms with Gasteiger partial charge in [-0.15, -0.1) is 0 Å². The number of nitrogens with one attached hydrogen (secondary N) is 1. The van der Waals surface area contributed by atoms with Crippen LogP contribution in [0, 0.1) is 0 Å². The summed E-state index contributed by atoms with van der Waals surface area (Å²) in [4.78, 5) is 41.5. The van der Waals surface area contributed by atoms with Crippen molar-refractivity contribution in [2.45, 2.75) is 76.8 Å². The molecule has 2 fully saturated rings. The number of nitrogens with zero attached hydrogens (tertiary/aromatic N) is 2. The van der Waals surface area contributed by atoms with Crippen LogP contribution in [-0.2, 0) is 28.9 Å². The van der Waals surface area contributed by atoms with Gasteiger partial charge in [0, 0.05) is 37.8 Å². The zero-order valence-corrected chi connectivity index (χ0v) is 24.3. The number of carbonyl (C=O) groups is 3. The summed E-state index contributed by atoms with van der Waals surface area (Å²) in [5.74, 6) is -0.721. The molecule has 1 aromatic rings. The van der Waals surface area contributed by atoms with E-state index in [1.807, 2.05) is 31.2 Å². The van der Waals surface area contributed by atoms with Crippen LogP contribution in [0.1, 0.15) is 53.9 Å². The van der Waals surface area contributed by atoms with Crippen LogP contribution in [0.3, 0.4) is 0 Å². The number of fused-ring (bicyclic) bond motifs is 2. The summed E-state index contributed by atoms with van der Waals surface area (Å²) in [6.07, 6.45) is -0.367. The van der Waals surface area contributed by atoms with E-state index in [2.05, 4.69) is 10.2 Å². The van der Waals surface area contributed by atoms with E-state index >= 15 is 0 Å². The van der Waals surface area contributed by atoms with E-state index in [9.17, 15) is 22.8 Å². The quantitative estimate of drug-likeness (QED) is 0.379. The normalized spacial score (nSPS) is 19.5. The van der Waals surface area contributed by atoms with Crippen molar-refractivity contribution in [3.05, 3.63) is 24.3 Å². The number of hydrogen-bond acceptors (Lipinski definition) is 9. The summed E-state index contributed by atoms with van der Waals surface area (Å²) >= 11 is 0. The number of anilines is 1. The summed E-state index contributed by atoms with van der Waals surface area (Å²) in [5.41, 5.74) is 0.299. The molecule has 1 aromatic carbocycles. The maximum absolute atomic E-state index is 13.6.